The van der Waals surface area contributed by atoms with E-state index in [1.165, 1.54) is 0 Å². The molecule has 3 rings (SSSR count). The van der Waals surface area contributed by atoms with Crippen LogP contribution in [0.5, 0.6) is 5.75 Å². The SMILES string of the molecule is CCOC(=O)CCCCCCOc1cccc2c1CN(c1ccc(Br)c(C)c1)C2=O. The summed E-state index contributed by atoms with van der Waals surface area (Å²) in [6.45, 7) is 5.40. The molecule has 0 fully saturated rings. The van der Waals surface area contributed by atoms with Gasteiger partial charge in [-0.15, -0.1) is 0 Å². The molecule has 1 aliphatic rings. The van der Waals surface area contributed by atoms with Crippen LogP contribution in [0.2, 0.25) is 0 Å². The molecule has 0 saturated heterocycles. The van der Waals surface area contributed by atoms with Crippen LogP contribution in [0.25, 0.3) is 0 Å². The van der Waals surface area contributed by atoms with Crippen molar-refractivity contribution in [2.24, 2.45) is 0 Å². The number of hydrogen-bond acceptors (Lipinski definition) is 4. The van der Waals surface area contributed by atoms with Gasteiger partial charge in [-0.1, -0.05) is 34.8 Å². The van der Waals surface area contributed by atoms with Crippen LogP contribution in [0.15, 0.2) is 40.9 Å². The summed E-state index contributed by atoms with van der Waals surface area (Å²) in [6.07, 6.45) is 4.21. The van der Waals surface area contributed by atoms with Gasteiger partial charge in [0, 0.05) is 27.7 Å². The topological polar surface area (TPSA) is 55.8 Å². The number of carbonyl (C=O) groups excluding carboxylic acids is 2. The maximum absolute atomic E-state index is 12.9. The van der Waals surface area contributed by atoms with E-state index in [0.29, 0.717) is 31.7 Å². The average molecular weight is 474 g/mol. The summed E-state index contributed by atoms with van der Waals surface area (Å²) in [4.78, 5) is 26.0. The molecule has 5 nitrogen and oxygen atoms in total. The van der Waals surface area contributed by atoms with Crippen molar-refractivity contribution in [1.82, 2.24) is 0 Å². The Balaban J connectivity index is 1.52. The number of aryl methyl sites for hydroxylation is 1. The zero-order valence-electron chi connectivity index (χ0n) is 17.6. The van der Waals surface area contributed by atoms with Crippen LogP contribution in [0.3, 0.4) is 0 Å². The molecule has 2 aromatic rings. The Hall–Kier alpha value is -2.34. The normalized spacial score (nSPS) is 12.8. The highest BCUT2D eigenvalue weighted by atomic mass is 79.9. The molecule has 6 heteroatoms. The van der Waals surface area contributed by atoms with Crippen LogP contribution >= 0.6 is 15.9 Å². The van der Waals surface area contributed by atoms with E-state index >= 15 is 0 Å². The van der Waals surface area contributed by atoms with E-state index < -0.39 is 0 Å². The molecule has 30 heavy (non-hydrogen) atoms. The molecule has 0 aliphatic carbocycles. The highest BCUT2D eigenvalue weighted by Gasteiger charge is 2.31. The van der Waals surface area contributed by atoms with Crippen LogP contribution in [0, 0.1) is 6.92 Å². The summed E-state index contributed by atoms with van der Waals surface area (Å²) in [6, 6.07) is 11.6. The minimum absolute atomic E-state index is 0.0103. The lowest BCUT2D eigenvalue weighted by atomic mass is 10.1. The number of benzene rings is 2. The first-order chi connectivity index (χ1) is 14.5. The third-order valence-corrected chi connectivity index (χ3v) is 6.11. The number of carbonyl (C=O) groups is 2. The molecule has 1 amide bonds. The Morgan fingerprint density at radius 2 is 1.93 bits per heavy atom. The third kappa shape index (κ3) is 5.42. The summed E-state index contributed by atoms with van der Waals surface area (Å²) in [5.74, 6) is 0.670. The van der Waals surface area contributed by atoms with Crippen molar-refractivity contribution in [3.63, 3.8) is 0 Å². The first kappa shape index (κ1) is 22.3. The number of halogens is 1. The number of ether oxygens (including phenoxy) is 2. The lowest BCUT2D eigenvalue weighted by molar-refractivity contribution is -0.143. The summed E-state index contributed by atoms with van der Waals surface area (Å²) in [7, 11) is 0. The van der Waals surface area contributed by atoms with E-state index in [0.717, 1.165) is 52.7 Å². The third-order valence-electron chi connectivity index (χ3n) is 5.22. The van der Waals surface area contributed by atoms with Gasteiger partial charge in [-0.25, -0.2) is 0 Å². The minimum Gasteiger partial charge on any atom is -0.493 e. The summed E-state index contributed by atoms with van der Waals surface area (Å²) < 4.78 is 12.0. The Kier molecular flexibility index (Phi) is 7.91. The maximum Gasteiger partial charge on any atom is 0.305 e. The molecule has 0 atom stereocenters. The van der Waals surface area contributed by atoms with Gasteiger partial charge in [0.25, 0.3) is 5.91 Å². The number of nitrogens with zero attached hydrogens (tertiary/aromatic N) is 1. The second-order valence-corrected chi connectivity index (χ2v) is 8.28. The van der Waals surface area contributed by atoms with Crippen molar-refractivity contribution in [1.29, 1.82) is 0 Å². The number of hydrogen-bond donors (Lipinski definition) is 0. The van der Waals surface area contributed by atoms with Crippen molar-refractivity contribution < 1.29 is 19.1 Å². The summed E-state index contributed by atoms with van der Waals surface area (Å²) in [5.41, 5.74) is 3.65. The monoisotopic (exact) mass is 473 g/mol. The van der Waals surface area contributed by atoms with Crippen molar-refractivity contribution >= 4 is 33.5 Å². The van der Waals surface area contributed by atoms with Gasteiger partial charge < -0.3 is 14.4 Å². The fourth-order valence-electron chi connectivity index (χ4n) is 3.59. The Morgan fingerprint density at radius 1 is 1.13 bits per heavy atom. The van der Waals surface area contributed by atoms with Crippen molar-refractivity contribution in [2.75, 3.05) is 18.1 Å². The van der Waals surface area contributed by atoms with Crippen LogP contribution < -0.4 is 9.64 Å². The highest BCUT2D eigenvalue weighted by Crippen LogP contribution is 2.35. The molecule has 0 saturated carbocycles. The van der Waals surface area contributed by atoms with Gasteiger partial charge in [0.2, 0.25) is 0 Å². The Morgan fingerprint density at radius 3 is 2.70 bits per heavy atom. The van der Waals surface area contributed by atoms with Crippen molar-refractivity contribution in [3.8, 4) is 5.75 Å². The smallest absolute Gasteiger partial charge is 0.305 e. The Bertz CT molecular complexity index is 912. The number of amides is 1. The zero-order chi connectivity index (χ0) is 21.5. The summed E-state index contributed by atoms with van der Waals surface area (Å²) >= 11 is 3.51. The number of anilines is 1. The second kappa shape index (κ2) is 10.6. The van der Waals surface area contributed by atoms with Gasteiger partial charge in [0.1, 0.15) is 5.75 Å². The van der Waals surface area contributed by atoms with E-state index in [9.17, 15) is 9.59 Å². The fraction of sp³-hybridized carbons (Fsp3) is 0.417. The molecule has 160 valence electrons. The number of rotatable bonds is 10. The van der Waals surface area contributed by atoms with E-state index in [1.54, 1.807) is 4.90 Å². The van der Waals surface area contributed by atoms with Crippen LogP contribution in [-0.2, 0) is 16.1 Å². The molecule has 2 aromatic carbocycles. The van der Waals surface area contributed by atoms with Crippen LogP contribution in [0.4, 0.5) is 5.69 Å². The van der Waals surface area contributed by atoms with E-state index in [4.69, 9.17) is 9.47 Å². The van der Waals surface area contributed by atoms with Gasteiger partial charge in [-0.2, -0.15) is 0 Å². The molecule has 0 bridgehead atoms. The zero-order valence-corrected chi connectivity index (χ0v) is 19.2. The fourth-order valence-corrected chi connectivity index (χ4v) is 3.83. The summed E-state index contributed by atoms with van der Waals surface area (Å²) in [5, 5.41) is 0. The molecule has 1 aliphatic heterocycles. The largest absolute Gasteiger partial charge is 0.493 e. The van der Waals surface area contributed by atoms with Crippen molar-refractivity contribution in [3.05, 3.63) is 57.6 Å². The number of fused-ring (bicyclic) bond motifs is 1. The predicted octanol–water partition coefficient (Wildman–Crippen LogP) is 5.81. The van der Waals surface area contributed by atoms with Crippen molar-refractivity contribution in [2.45, 2.75) is 52.5 Å². The molecule has 0 aromatic heterocycles. The molecule has 0 spiro atoms. The number of esters is 1. The molecule has 0 N–H and O–H groups in total. The minimum atomic E-state index is -0.121. The standard InChI is InChI=1S/C24H28BrNO4/c1-3-29-23(27)11-6-4-5-7-14-30-22-10-8-9-19-20(22)16-26(24(19)28)18-12-13-21(25)17(2)15-18/h8-10,12-13,15H,3-7,11,14,16H2,1-2H3. The lowest BCUT2D eigenvalue weighted by Gasteiger charge is -2.17. The quantitative estimate of drug-likeness (QED) is 0.322. The van der Waals surface area contributed by atoms with Gasteiger partial charge in [0.05, 0.1) is 19.8 Å². The highest BCUT2D eigenvalue weighted by molar-refractivity contribution is 9.10. The second-order valence-electron chi connectivity index (χ2n) is 7.42. The van der Waals surface area contributed by atoms with E-state index in [-0.39, 0.29) is 11.9 Å². The van der Waals surface area contributed by atoms with Gasteiger partial charge in [0.15, 0.2) is 0 Å². The molecular weight excluding hydrogens is 446 g/mol. The van der Waals surface area contributed by atoms with Crippen LogP contribution in [-0.4, -0.2) is 25.1 Å². The number of unbranched alkanes of at least 4 members (excludes halogenated alkanes) is 3. The molecule has 0 unspecified atom stereocenters. The lowest BCUT2D eigenvalue weighted by Crippen LogP contribution is -2.23. The van der Waals surface area contributed by atoms with Gasteiger partial charge in [-0.05, 0) is 62.6 Å². The average Bonchev–Trinajstić information content (AvgIpc) is 3.07. The first-order valence-electron chi connectivity index (χ1n) is 10.5. The maximum atomic E-state index is 12.9. The molecule has 1 heterocycles. The van der Waals surface area contributed by atoms with E-state index in [1.807, 2.05) is 50.2 Å². The van der Waals surface area contributed by atoms with E-state index in [2.05, 4.69) is 15.9 Å². The predicted molar refractivity (Wildman–Crippen MR) is 121 cm³/mol. The first-order valence-corrected chi connectivity index (χ1v) is 11.3. The van der Waals surface area contributed by atoms with Gasteiger partial charge >= 0.3 is 5.97 Å². The molecule has 0 radical (unpaired) electrons. The molecular formula is C24H28BrNO4. The van der Waals surface area contributed by atoms with Gasteiger partial charge in [-0.3, -0.25) is 9.59 Å². The van der Waals surface area contributed by atoms with Crippen LogP contribution in [0.1, 0.15) is 60.5 Å². The Labute approximate surface area is 186 Å².